The van der Waals surface area contributed by atoms with E-state index in [1.54, 1.807) is 0 Å². The molecule has 0 amide bonds. The lowest BCUT2D eigenvalue weighted by Gasteiger charge is -2.27. The summed E-state index contributed by atoms with van der Waals surface area (Å²) in [6.07, 6.45) is 1.73. The molecule has 2 aromatic carbocycles. The Balaban J connectivity index is 0.00000264. The molecule has 124 valence electrons. The van der Waals surface area contributed by atoms with Crippen molar-refractivity contribution < 1.29 is 9.53 Å². The van der Waals surface area contributed by atoms with Crippen LogP contribution in [-0.2, 0) is 14.9 Å². The Morgan fingerprint density at radius 1 is 0.957 bits per heavy atom. The summed E-state index contributed by atoms with van der Waals surface area (Å²) in [6, 6.07) is 18.5. The molecular weight excluding hydrogens is 308 g/mol. The first-order valence-electron chi connectivity index (χ1n) is 7.95. The molecule has 0 saturated heterocycles. The van der Waals surface area contributed by atoms with Gasteiger partial charge in [-0.2, -0.15) is 0 Å². The van der Waals surface area contributed by atoms with Crippen molar-refractivity contribution in [3.63, 3.8) is 0 Å². The minimum absolute atomic E-state index is 0. The van der Waals surface area contributed by atoms with E-state index in [0.29, 0.717) is 6.61 Å². The van der Waals surface area contributed by atoms with Gasteiger partial charge >= 0.3 is 5.97 Å². The van der Waals surface area contributed by atoms with Crippen LogP contribution in [-0.4, -0.2) is 12.6 Å². The summed E-state index contributed by atoms with van der Waals surface area (Å²) in [5, 5.41) is 0. The first-order valence-corrected chi connectivity index (χ1v) is 7.95. The van der Waals surface area contributed by atoms with Gasteiger partial charge in [0.15, 0.2) is 0 Å². The van der Waals surface area contributed by atoms with Gasteiger partial charge in [-0.15, -0.1) is 12.4 Å². The number of carbonyl (C=O) groups excluding carboxylic acids is 1. The summed E-state index contributed by atoms with van der Waals surface area (Å²) in [5.74, 6) is -0.135. The largest absolute Gasteiger partial charge is 0.465 e. The van der Waals surface area contributed by atoms with Gasteiger partial charge in [0.05, 0.1) is 12.0 Å². The fourth-order valence-electron chi connectivity index (χ4n) is 2.82. The van der Waals surface area contributed by atoms with Crippen molar-refractivity contribution in [1.29, 1.82) is 0 Å². The average Bonchev–Trinajstić information content (AvgIpc) is 2.56. The van der Waals surface area contributed by atoms with E-state index in [1.165, 1.54) is 5.56 Å². The third kappa shape index (κ3) is 4.35. The molecule has 0 aliphatic heterocycles. The number of ether oxygens (including phenoxy) is 1. The summed E-state index contributed by atoms with van der Waals surface area (Å²) < 4.78 is 5.29. The topological polar surface area (TPSA) is 26.3 Å². The van der Waals surface area contributed by atoms with Crippen molar-refractivity contribution in [2.24, 2.45) is 0 Å². The molecule has 0 aliphatic carbocycles. The molecule has 0 fully saturated rings. The Kier molecular flexibility index (Phi) is 7.31. The van der Waals surface area contributed by atoms with Crippen LogP contribution in [0.3, 0.4) is 0 Å². The van der Waals surface area contributed by atoms with Gasteiger partial charge in [0.2, 0.25) is 0 Å². The predicted molar refractivity (Wildman–Crippen MR) is 98.0 cm³/mol. The monoisotopic (exact) mass is 332 g/mol. The molecule has 0 bridgehead atoms. The molecule has 0 spiro atoms. The van der Waals surface area contributed by atoms with Crippen LogP contribution >= 0.6 is 12.4 Å². The van der Waals surface area contributed by atoms with Gasteiger partial charge in [-0.3, -0.25) is 4.79 Å². The van der Waals surface area contributed by atoms with Gasteiger partial charge in [0.1, 0.15) is 0 Å². The van der Waals surface area contributed by atoms with Gasteiger partial charge in [-0.1, -0.05) is 67.9 Å². The van der Waals surface area contributed by atoms with E-state index in [9.17, 15) is 4.79 Å². The maximum atomic E-state index is 12.4. The minimum Gasteiger partial charge on any atom is -0.465 e. The Hall–Kier alpha value is -1.80. The zero-order valence-corrected chi connectivity index (χ0v) is 14.9. The lowest BCUT2D eigenvalue weighted by atomic mass is 9.78. The molecule has 23 heavy (non-hydrogen) atoms. The number of esters is 1. The molecular formula is C20H25ClO2. The smallest absolute Gasteiger partial charge is 0.316 e. The van der Waals surface area contributed by atoms with E-state index in [-0.39, 0.29) is 18.4 Å². The van der Waals surface area contributed by atoms with Crippen LogP contribution in [0.25, 0.3) is 11.1 Å². The normalized spacial score (nSPS) is 12.8. The van der Waals surface area contributed by atoms with Crippen LogP contribution in [0.4, 0.5) is 0 Å². The van der Waals surface area contributed by atoms with Gasteiger partial charge in [-0.25, -0.2) is 0 Å². The molecule has 2 aromatic rings. The van der Waals surface area contributed by atoms with E-state index >= 15 is 0 Å². The Morgan fingerprint density at radius 2 is 1.52 bits per heavy atom. The summed E-state index contributed by atoms with van der Waals surface area (Å²) >= 11 is 0. The van der Waals surface area contributed by atoms with E-state index < -0.39 is 5.41 Å². The maximum absolute atomic E-state index is 12.4. The number of hydrogen-bond donors (Lipinski definition) is 0. The first-order chi connectivity index (χ1) is 10.6. The lowest BCUT2D eigenvalue weighted by molar-refractivity contribution is -0.149. The molecule has 2 rings (SSSR count). The van der Waals surface area contributed by atoms with Crippen LogP contribution < -0.4 is 0 Å². The molecule has 3 heteroatoms. The van der Waals surface area contributed by atoms with Crippen molar-refractivity contribution in [1.82, 2.24) is 0 Å². The van der Waals surface area contributed by atoms with Crippen LogP contribution in [0.1, 0.15) is 39.2 Å². The summed E-state index contributed by atoms with van der Waals surface area (Å²) in [7, 11) is 0. The number of benzene rings is 2. The molecule has 0 N–H and O–H groups in total. The van der Waals surface area contributed by atoms with Gasteiger partial charge in [0, 0.05) is 0 Å². The molecule has 2 nitrogen and oxygen atoms in total. The average molecular weight is 333 g/mol. The quantitative estimate of drug-likeness (QED) is 0.662. The van der Waals surface area contributed by atoms with Crippen molar-refractivity contribution >= 4 is 18.4 Å². The van der Waals surface area contributed by atoms with Gasteiger partial charge < -0.3 is 4.74 Å². The molecule has 0 aromatic heterocycles. The number of carbonyl (C=O) groups is 1. The van der Waals surface area contributed by atoms with Crippen LogP contribution in [0.5, 0.6) is 0 Å². The molecule has 0 saturated carbocycles. The highest BCUT2D eigenvalue weighted by molar-refractivity contribution is 5.85. The van der Waals surface area contributed by atoms with Crippen molar-refractivity contribution in [3.8, 4) is 11.1 Å². The number of rotatable bonds is 6. The number of halogens is 1. The highest BCUT2D eigenvalue weighted by Crippen LogP contribution is 2.32. The molecule has 0 aliphatic rings. The second kappa shape index (κ2) is 8.73. The predicted octanol–water partition coefficient (Wildman–Crippen LogP) is 5.40. The van der Waals surface area contributed by atoms with E-state index in [1.807, 2.05) is 32.0 Å². The van der Waals surface area contributed by atoms with Gasteiger partial charge in [0.25, 0.3) is 0 Å². The van der Waals surface area contributed by atoms with Crippen molar-refractivity contribution in [2.45, 2.75) is 39.0 Å². The summed E-state index contributed by atoms with van der Waals surface area (Å²) in [4.78, 5) is 12.4. The standard InChI is InChI=1S/C20H24O2.ClH/c1-4-15-20(3,19(21)22-5-2)18-13-11-17(12-14-18)16-9-7-6-8-10-16;/h6-14H,4-5,15H2,1-3H3;1H. The SMILES string of the molecule is CCCC(C)(C(=O)OCC)c1ccc(-c2ccccc2)cc1.Cl. The Labute approximate surface area is 145 Å². The van der Waals surface area contributed by atoms with Gasteiger partial charge in [-0.05, 0) is 37.0 Å². The zero-order chi connectivity index (χ0) is 16.0. The van der Waals surface area contributed by atoms with Crippen LogP contribution in [0.2, 0.25) is 0 Å². The van der Waals surface area contributed by atoms with Crippen molar-refractivity contribution in [3.05, 3.63) is 60.2 Å². The molecule has 1 atom stereocenters. The summed E-state index contributed by atoms with van der Waals surface area (Å²) in [5.41, 5.74) is 2.79. The third-order valence-electron chi connectivity index (χ3n) is 4.11. The highest BCUT2D eigenvalue weighted by atomic mass is 35.5. The highest BCUT2D eigenvalue weighted by Gasteiger charge is 2.35. The minimum atomic E-state index is -0.569. The zero-order valence-electron chi connectivity index (χ0n) is 14.0. The Morgan fingerprint density at radius 3 is 2.04 bits per heavy atom. The Bertz CT molecular complexity index is 607. The third-order valence-corrected chi connectivity index (χ3v) is 4.11. The lowest BCUT2D eigenvalue weighted by Crippen LogP contribution is -2.34. The first kappa shape index (κ1) is 19.2. The fourth-order valence-corrected chi connectivity index (χ4v) is 2.82. The molecule has 0 heterocycles. The maximum Gasteiger partial charge on any atom is 0.316 e. The van der Waals surface area contributed by atoms with E-state index in [2.05, 4.69) is 43.3 Å². The second-order valence-electron chi connectivity index (χ2n) is 5.75. The van der Waals surface area contributed by atoms with Crippen LogP contribution in [0.15, 0.2) is 54.6 Å². The summed E-state index contributed by atoms with van der Waals surface area (Å²) in [6.45, 7) is 6.34. The number of hydrogen-bond acceptors (Lipinski definition) is 2. The molecule has 1 unspecified atom stereocenters. The van der Waals surface area contributed by atoms with E-state index in [4.69, 9.17) is 4.74 Å². The van der Waals surface area contributed by atoms with Crippen LogP contribution in [0, 0.1) is 0 Å². The second-order valence-corrected chi connectivity index (χ2v) is 5.75. The van der Waals surface area contributed by atoms with Crippen molar-refractivity contribution in [2.75, 3.05) is 6.61 Å². The molecule has 0 radical (unpaired) electrons. The van der Waals surface area contributed by atoms with E-state index in [0.717, 1.165) is 24.0 Å². The fraction of sp³-hybridized carbons (Fsp3) is 0.350.